The van der Waals surface area contributed by atoms with E-state index in [-0.39, 0.29) is 23.7 Å². The molecule has 0 radical (unpaired) electrons. The molecule has 0 amide bonds. The Hall–Kier alpha value is -1.46. The zero-order valence-corrected chi connectivity index (χ0v) is 9.11. The lowest BCUT2D eigenvalue weighted by Gasteiger charge is -2.11. The number of anilines is 1. The fourth-order valence-corrected chi connectivity index (χ4v) is 1.21. The zero-order valence-electron chi connectivity index (χ0n) is 8.35. The third kappa shape index (κ3) is 3.29. The molecule has 0 saturated heterocycles. The van der Waals surface area contributed by atoms with Crippen LogP contribution in [0.2, 0.25) is 0 Å². The first-order valence-electron chi connectivity index (χ1n) is 4.58. The van der Waals surface area contributed by atoms with Crippen molar-refractivity contribution in [1.82, 2.24) is 0 Å². The molecule has 4 N–H and O–H groups in total. The molecule has 16 heavy (non-hydrogen) atoms. The van der Waals surface area contributed by atoms with E-state index >= 15 is 0 Å². The highest BCUT2D eigenvalue weighted by atomic mass is 35.5. The summed E-state index contributed by atoms with van der Waals surface area (Å²) < 4.78 is 0. The molecule has 0 heterocycles. The quantitative estimate of drug-likeness (QED) is 0.461. The van der Waals surface area contributed by atoms with Gasteiger partial charge in [0.1, 0.15) is 5.75 Å². The van der Waals surface area contributed by atoms with Crippen molar-refractivity contribution in [1.29, 1.82) is 0 Å². The number of hydrogen-bond acceptors (Lipinski definition) is 4. The molecule has 0 aromatic heterocycles. The highest BCUT2D eigenvalue weighted by Crippen LogP contribution is 2.24. The van der Waals surface area contributed by atoms with Gasteiger partial charge in [-0.1, -0.05) is 0 Å². The van der Waals surface area contributed by atoms with Crippen LogP contribution in [0, 0.1) is 0 Å². The predicted octanol–water partition coefficient (Wildman–Crippen LogP) is 1.10. The predicted molar refractivity (Wildman–Crippen MR) is 60.3 cm³/mol. The molecule has 88 valence electrons. The average Bonchev–Trinajstić information content (AvgIpc) is 2.26. The summed E-state index contributed by atoms with van der Waals surface area (Å²) in [4.78, 5) is 10.6. The molecule has 6 heteroatoms. The van der Waals surface area contributed by atoms with Gasteiger partial charge in [-0.2, -0.15) is 0 Å². The summed E-state index contributed by atoms with van der Waals surface area (Å²) in [5.74, 6) is -1.20. The number of phenols is 1. The highest BCUT2D eigenvalue weighted by Gasteiger charge is 2.08. The average molecular weight is 246 g/mol. The van der Waals surface area contributed by atoms with E-state index in [4.69, 9.17) is 16.7 Å². The molecule has 1 unspecified atom stereocenters. The second kappa shape index (κ2) is 5.58. The SMILES string of the molecule is O=C(O)c1ccc(NCC(O)CCl)c(O)c1. The van der Waals surface area contributed by atoms with Crippen molar-refractivity contribution in [2.24, 2.45) is 0 Å². The van der Waals surface area contributed by atoms with Gasteiger partial charge >= 0.3 is 5.97 Å². The van der Waals surface area contributed by atoms with Crippen molar-refractivity contribution in [3.63, 3.8) is 0 Å². The molecule has 0 bridgehead atoms. The van der Waals surface area contributed by atoms with Crippen LogP contribution < -0.4 is 5.32 Å². The van der Waals surface area contributed by atoms with Gasteiger partial charge in [0.15, 0.2) is 0 Å². The lowest BCUT2D eigenvalue weighted by molar-refractivity contribution is 0.0696. The third-order valence-electron chi connectivity index (χ3n) is 1.95. The van der Waals surface area contributed by atoms with E-state index in [1.54, 1.807) is 0 Å². The summed E-state index contributed by atoms with van der Waals surface area (Å²) in [6, 6.07) is 3.93. The molecule has 0 spiro atoms. The van der Waals surface area contributed by atoms with Crippen molar-refractivity contribution in [3.05, 3.63) is 23.8 Å². The first-order valence-corrected chi connectivity index (χ1v) is 5.12. The van der Waals surface area contributed by atoms with Gasteiger partial charge in [-0.3, -0.25) is 0 Å². The number of aliphatic hydroxyl groups excluding tert-OH is 1. The molecule has 0 fully saturated rings. The van der Waals surface area contributed by atoms with Crippen LogP contribution in [0.5, 0.6) is 5.75 Å². The molecule has 0 saturated carbocycles. The normalized spacial score (nSPS) is 12.1. The van der Waals surface area contributed by atoms with E-state index in [0.717, 1.165) is 6.07 Å². The van der Waals surface area contributed by atoms with E-state index < -0.39 is 12.1 Å². The van der Waals surface area contributed by atoms with E-state index in [1.807, 2.05) is 0 Å². The monoisotopic (exact) mass is 245 g/mol. The molecule has 1 rings (SSSR count). The summed E-state index contributed by atoms with van der Waals surface area (Å²) in [5, 5.41) is 30.1. The number of hydrogen-bond donors (Lipinski definition) is 4. The Morgan fingerprint density at radius 3 is 2.69 bits per heavy atom. The number of alkyl halides is 1. The molecule has 1 atom stereocenters. The maximum atomic E-state index is 10.6. The number of carbonyl (C=O) groups is 1. The van der Waals surface area contributed by atoms with Gasteiger partial charge in [-0.25, -0.2) is 4.79 Å². The lowest BCUT2D eigenvalue weighted by atomic mass is 10.2. The first-order chi connectivity index (χ1) is 7.54. The van der Waals surface area contributed by atoms with Crippen LogP contribution in [-0.2, 0) is 0 Å². The van der Waals surface area contributed by atoms with E-state index in [9.17, 15) is 15.0 Å². The number of carboxylic acids is 1. The maximum absolute atomic E-state index is 10.6. The number of aromatic carboxylic acids is 1. The Labute approximate surface area is 97.3 Å². The smallest absolute Gasteiger partial charge is 0.335 e. The number of benzene rings is 1. The van der Waals surface area contributed by atoms with Gasteiger partial charge in [-0.05, 0) is 18.2 Å². The fraction of sp³-hybridized carbons (Fsp3) is 0.300. The van der Waals surface area contributed by atoms with Crippen LogP contribution in [0.25, 0.3) is 0 Å². The number of nitrogens with one attached hydrogen (secondary N) is 1. The minimum atomic E-state index is -1.11. The number of rotatable bonds is 5. The van der Waals surface area contributed by atoms with E-state index in [1.165, 1.54) is 12.1 Å². The second-order valence-corrected chi connectivity index (χ2v) is 3.53. The third-order valence-corrected chi connectivity index (χ3v) is 2.31. The maximum Gasteiger partial charge on any atom is 0.335 e. The number of phenolic OH excluding ortho intramolecular Hbond substituents is 1. The summed E-state index contributed by atoms with van der Waals surface area (Å²) >= 11 is 5.39. The topological polar surface area (TPSA) is 89.8 Å². The van der Waals surface area contributed by atoms with Crippen LogP contribution in [-0.4, -0.2) is 39.8 Å². The Morgan fingerprint density at radius 2 is 2.19 bits per heavy atom. The van der Waals surface area contributed by atoms with Crippen LogP contribution in [0.1, 0.15) is 10.4 Å². The molecule has 0 aliphatic rings. The Bertz CT molecular complexity index is 383. The van der Waals surface area contributed by atoms with Gasteiger partial charge in [-0.15, -0.1) is 11.6 Å². The van der Waals surface area contributed by atoms with Gasteiger partial charge in [0.05, 0.1) is 23.2 Å². The minimum absolute atomic E-state index is 0.000872. The molecule has 0 aliphatic carbocycles. The van der Waals surface area contributed by atoms with Gasteiger partial charge in [0.2, 0.25) is 0 Å². The fourth-order valence-electron chi connectivity index (χ4n) is 1.10. The number of aromatic hydroxyl groups is 1. The number of halogens is 1. The van der Waals surface area contributed by atoms with Crippen molar-refractivity contribution in [3.8, 4) is 5.75 Å². The molecule has 0 aliphatic heterocycles. The van der Waals surface area contributed by atoms with Crippen molar-refractivity contribution >= 4 is 23.3 Å². The molecular formula is C10H12ClNO4. The number of carboxylic acid groups (broad SMARTS) is 1. The standard InChI is InChI=1S/C10H12ClNO4/c11-4-7(13)5-12-8-2-1-6(10(15)16)3-9(8)14/h1-3,7,12-14H,4-5H2,(H,15,16). The van der Waals surface area contributed by atoms with Crippen LogP contribution in [0.3, 0.4) is 0 Å². The van der Waals surface area contributed by atoms with Crippen LogP contribution >= 0.6 is 11.6 Å². The van der Waals surface area contributed by atoms with Crippen LogP contribution in [0.4, 0.5) is 5.69 Å². The van der Waals surface area contributed by atoms with E-state index in [2.05, 4.69) is 5.32 Å². The van der Waals surface area contributed by atoms with Crippen LogP contribution in [0.15, 0.2) is 18.2 Å². The second-order valence-electron chi connectivity index (χ2n) is 3.23. The largest absolute Gasteiger partial charge is 0.506 e. The summed E-state index contributed by atoms with van der Waals surface area (Å²) in [6.07, 6.45) is -0.722. The highest BCUT2D eigenvalue weighted by molar-refractivity contribution is 6.18. The molecule has 5 nitrogen and oxygen atoms in total. The van der Waals surface area contributed by atoms with Crippen molar-refractivity contribution in [2.75, 3.05) is 17.7 Å². The van der Waals surface area contributed by atoms with Gasteiger partial charge in [0.25, 0.3) is 0 Å². The van der Waals surface area contributed by atoms with E-state index in [0.29, 0.717) is 5.69 Å². The molecule has 1 aromatic carbocycles. The van der Waals surface area contributed by atoms with Crippen molar-refractivity contribution in [2.45, 2.75) is 6.10 Å². The first kappa shape index (κ1) is 12.6. The summed E-state index contributed by atoms with van der Waals surface area (Å²) in [7, 11) is 0. The summed E-state index contributed by atoms with van der Waals surface area (Å²) in [6.45, 7) is 0.184. The Balaban J connectivity index is 2.72. The molecule has 1 aromatic rings. The summed E-state index contributed by atoms with van der Waals surface area (Å²) in [5.41, 5.74) is 0.357. The Kier molecular flexibility index (Phi) is 4.39. The Morgan fingerprint density at radius 1 is 1.50 bits per heavy atom. The van der Waals surface area contributed by atoms with Gasteiger partial charge < -0.3 is 20.6 Å². The number of aliphatic hydroxyl groups is 1. The van der Waals surface area contributed by atoms with Crippen molar-refractivity contribution < 1.29 is 20.1 Å². The van der Waals surface area contributed by atoms with Gasteiger partial charge in [0, 0.05) is 6.54 Å². The molecular weight excluding hydrogens is 234 g/mol. The lowest BCUT2D eigenvalue weighted by Crippen LogP contribution is -2.20. The zero-order chi connectivity index (χ0) is 12.1. The minimum Gasteiger partial charge on any atom is -0.506 e.